The Labute approximate surface area is 303 Å². The molecular formula is C37H41Cl2N3O5S2. The summed E-state index contributed by atoms with van der Waals surface area (Å²) in [5.74, 6) is -0.524. The molecule has 12 heteroatoms. The highest BCUT2D eigenvalue weighted by Crippen LogP contribution is 2.34. The van der Waals surface area contributed by atoms with Crippen LogP contribution in [0.4, 0.5) is 5.69 Å². The molecule has 4 aromatic carbocycles. The molecule has 0 unspecified atom stereocenters. The second-order valence-electron chi connectivity index (χ2n) is 11.7. The molecule has 49 heavy (non-hydrogen) atoms. The minimum atomic E-state index is -4.31. The van der Waals surface area contributed by atoms with Crippen LogP contribution in [0.15, 0.2) is 107 Å². The molecule has 0 heterocycles. The molecule has 0 aliphatic heterocycles. The van der Waals surface area contributed by atoms with Crippen LogP contribution in [0.2, 0.25) is 10.0 Å². The van der Waals surface area contributed by atoms with Gasteiger partial charge in [-0.3, -0.25) is 13.9 Å². The lowest BCUT2D eigenvalue weighted by atomic mass is 10.0. The number of hydrogen-bond donors (Lipinski definition) is 1. The Morgan fingerprint density at radius 1 is 0.918 bits per heavy atom. The summed E-state index contributed by atoms with van der Waals surface area (Å²) in [6.07, 6.45) is 2.08. The monoisotopic (exact) mass is 741 g/mol. The number of para-hydroxylation sites is 2. The summed E-state index contributed by atoms with van der Waals surface area (Å²) in [5, 5.41) is 3.71. The molecule has 0 aliphatic rings. The molecule has 0 aromatic heterocycles. The smallest absolute Gasteiger partial charge is 0.264 e. The standard InChI is InChI=1S/C37H41Cl2N3O5S2/c1-5-47-35-14-10-9-13-33(35)42(49(45,46)31-19-17-30(48-4)18-20-31)25-36(43)41(24-28-15-16-29(38)22-32(28)39)34(37(44)40-23-26(2)3)21-27-11-7-6-8-12-27/h6-20,22,26,34H,5,21,23-25H2,1-4H3,(H,40,44)/t34-/m1/s1. The molecule has 0 fully saturated rings. The van der Waals surface area contributed by atoms with E-state index in [0.29, 0.717) is 27.9 Å². The lowest BCUT2D eigenvalue weighted by Gasteiger charge is -2.34. The van der Waals surface area contributed by atoms with E-state index in [9.17, 15) is 18.0 Å². The molecule has 0 bridgehead atoms. The summed E-state index contributed by atoms with van der Waals surface area (Å²) in [6, 6.07) is 26.4. The molecule has 1 atom stereocenters. The highest BCUT2D eigenvalue weighted by atomic mass is 35.5. The summed E-state index contributed by atoms with van der Waals surface area (Å²) < 4.78 is 35.8. The Kier molecular flexibility index (Phi) is 13.8. The van der Waals surface area contributed by atoms with Gasteiger partial charge in [0.2, 0.25) is 11.8 Å². The molecule has 4 aromatic rings. The minimum absolute atomic E-state index is 0.00668. The fourth-order valence-corrected chi connectivity index (χ4v) is 7.44. The molecular weight excluding hydrogens is 701 g/mol. The Bertz CT molecular complexity index is 1820. The van der Waals surface area contributed by atoms with Crippen molar-refractivity contribution in [2.75, 3.05) is 30.3 Å². The van der Waals surface area contributed by atoms with Gasteiger partial charge in [0.15, 0.2) is 0 Å². The van der Waals surface area contributed by atoms with Crippen LogP contribution in [0.1, 0.15) is 31.9 Å². The van der Waals surface area contributed by atoms with Crippen LogP contribution in [0.3, 0.4) is 0 Å². The quantitative estimate of drug-likeness (QED) is 0.118. The normalized spacial score (nSPS) is 12.0. The second-order valence-corrected chi connectivity index (χ2v) is 15.3. The maximum Gasteiger partial charge on any atom is 0.264 e. The van der Waals surface area contributed by atoms with Gasteiger partial charge in [0, 0.05) is 34.5 Å². The van der Waals surface area contributed by atoms with Crippen molar-refractivity contribution in [3.8, 4) is 5.75 Å². The zero-order valence-electron chi connectivity index (χ0n) is 27.9. The number of thioether (sulfide) groups is 1. The van der Waals surface area contributed by atoms with Gasteiger partial charge >= 0.3 is 0 Å². The van der Waals surface area contributed by atoms with Crippen LogP contribution < -0.4 is 14.4 Å². The van der Waals surface area contributed by atoms with Crippen molar-refractivity contribution >= 4 is 62.5 Å². The van der Waals surface area contributed by atoms with Crippen molar-refractivity contribution in [2.24, 2.45) is 5.92 Å². The van der Waals surface area contributed by atoms with E-state index in [1.165, 1.54) is 28.8 Å². The summed E-state index contributed by atoms with van der Waals surface area (Å²) in [6.45, 7) is 5.72. The van der Waals surface area contributed by atoms with E-state index in [1.807, 2.05) is 50.4 Å². The van der Waals surface area contributed by atoms with Crippen molar-refractivity contribution in [3.05, 3.63) is 118 Å². The highest BCUT2D eigenvalue weighted by molar-refractivity contribution is 7.98. The first-order chi connectivity index (χ1) is 23.4. The van der Waals surface area contributed by atoms with Gasteiger partial charge < -0.3 is 15.0 Å². The third-order valence-corrected chi connectivity index (χ3v) is 10.8. The summed E-state index contributed by atoms with van der Waals surface area (Å²) in [5.41, 5.74) is 1.57. The third-order valence-electron chi connectivity index (χ3n) is 7.67. The van der Waals surface area contributed by atoms with E-state index in [-0.39, 0.29) is 42.0 Å². The van der Waals surface area contributed by atoms with Gasteiger partial charge in [-0.1, -0.05) is 85.6 Å². The lowest BCUT2D eigenvalue weighted by Crippen LogP contribution is -2.53. The van der Waals surface area contributed by atoms with E-state index in [4.69, 9.17) is 27.9 Å². The number of benzene rings is 4. The molecule has 0 saturated heterocycles. The molecule has 0 radical (unpaired) electrons. The molecule has 4 rings (SSSR count). The molecule has 2 amide bonds. The van der Waals surface area contributed by atoms with Crippen molar-refractivity contribution in [1.29, 1.82) is 0 Å². The number of nitrogens with zero attached hydrogens (tertiary/aromatic N) is 2. The second kappa shape index (κ2) is 17.8. The SMILES string of the molecule is CCOc1ccccc1N(CC(=O)N(Cc1ccc(Cl)cc1Cl)[C@H](Cc1ccccc1)C(=O)NCC(C)C)S(=O)(=O)c1ccc(SC)cc1. The minimum Gasteiger partial charge on any atom is -0.492 e. The van der Waals surface area contributed by atoms with Gasteiger partial charge in [-0.05, 0) is 78.8 Å². The number of sulfonamides is 1. The number of hydrogen-bond acceptors (Lipinski definition) is 6. The van der Waals surface area contributed by atoms with Crippen molar-refractivity contribution in [2.45, 2.75) is 49.6 Å². The molecule has 0 spiro atoms. The number of anilines is 1. The Morgan fingerprint density at radius 2 is 1.59 bits per heavy atom. The fourth-order valence-electron chi connectivity index (χ4n) is 5.14. The summed E-state index contributed by atoms with van der Waals surface area (Å²) in [4.78, 5) is 31.0. The predicted molar refractivity (Wildman–Crippen MR) is 199 cm³/mol. The number of rotatable bonds is 16. The number of amides is 2. The Balaban J connectivity index is 1.85. The maximum absolute atomic E-state index is 14.8. The molecule has 1 N–H and O–H groups in total. The average Bonchev–Trinajstić information content (AvgIpc) is 3.09. The van der Waals surface area contributed by atoms with Gasteiger partial charge in [0.1, 0.15) is 18.3 Å². The van der Waals surface area contributed by atoms with Gasteiger partial charge in [-0.25, -0.2) is 8.42 Å². The zero-order chi connectivity index (χ0) is 35.6. The van der Waals surface area contributed by atoms with Crippen molar-refractivity contribution in [3.63, 3.8) is 0 Å². The highest BCUT2D eigenvalue weighted by Gasteiger charge is 2.36. The number of nitrogens with one attached hydrogen (secondary N) is 1. The maximum atomic E-state index is 14.8. The molecule has 0 saturated carbocycles. The van der Waals surface area contributed by atoms with Crippen molar-refractivity contribution in [1.82, 2.24) is 10.2 Å². The topological polar surface area (TPSA) is 96.0 Å². The van der Waals surface area contributed by atoms with E-state index in [0.717, 1.165) is 14.8 Å². The first-order valence-electron chi connectivity index (χ1n) is 15.9. The van der Waals surface area contributed by atoms with Crippen LogP contribution in [-0.4, -0.2) is 57.1 Å². The van der Waals surface area contributed by atoms with Crippen molar-refractivity contribution < 1.29 is 22.7 Å². The summed E-state index contributed by atoms with van der Waals surface area (Å²) in [7, 11) is -4.31. The predicted octanol–water partition coefficient (Wildman–Crippen LogP) is 7.72. The van der Waals surface area contributed by atoms with Crippen LogP contribution in [0, 0.1) is 5.92 Å². The number of halogens is 2. The van der Waals surface area contributed by atoms with E-state index in [2.05, 4.69) is 5.32 Å². The van der Waals surface area contributed by atoms with Gasteiger partial charge in [-0.15, -0.1) is 11.8 Å². The van der Waals surface area contributed by atoms with Crippen LogP contribution in [0.5, 0.6) is 5.75 Å². The van der Waals surface area contributed by atoms with E-state index < -0.39 is 28.5 Å². The van der Waals surface area contributed by atoms with Gasteiger partial charge in [0.25, 0.3) is 10.0 Å². The van der Waals surface area contributed by atoms with Crippen LogP contribution in [-0.2, 0) is 32.6 Å². The van der Waals surface area contributed by atoms with Crippen LogP contribution >= 0.6 is 35.0 Å². The number of carbonyl (C=O) groups excluding carboxylic acids is 2. The average molecular weight is 743 g/mol. The molecule has 8 nitrogen and oxygen atoms in total. The molecule has 0 aliphatic carbocycles. The Hall–Kier alpha value is -3.70. The largest absolute Gasteiger partial charge is 0.492 e. The Morgan fingerprint density at radius 3 is 2.22 bits per heavy atom. The first-order valence-corrected chi connectivity index (χ1v) is 19.3. The van der Waals surface area contributed by atoms with Crippen LogP contribution in [0.25, 0.3) is 0 Å². The first kappa shape index (κ1) is 38.1. The summed E-state index contributed by atoms with van der Waals surface area (Å²) >= 11 is 14.3. The fraction of sp³-hybridized carbons (Fsp3) is 0.297. The number of carbonyl (C=O) groups is 2. The van der Waals surface area contributed by atoms with E-state index >= 15 is 0 Å². The van der Waals surface area contributed by atoms with E-state index in [1.54, 1.807) is 61.5 Å². The van der Waals surface area contributed by atoms with Gasteiger partial charge in [0.05, 0.1) is 17.2 Å². The molecule has 260 valence electrons. The zero-order valence-corrected chi connectivity index (χ0v) is 31.1. The number of ether oxygens (including phenoxy) is 1. The van der Waals surface area contributed by atoms with Gasteiger partial charge in [-0.2, -0.15) is 0 Å². The third kappa shape index (κ3) is 10.2. The lowest BCUT2D eigenvalue weighted by molar-refractivity contribution is -0.140.